The molecule has 1 aromatic carbocycles. The summed E-state index contributed by atoms with van der Waals surface area (Å²) in [4.78, 5) is 24.2. The topological polar surface area (TPSA) is 81.9 Å². The Morgan fingerprint density at radius 1 is 1.31 bits per heavy atom. The summed E-state index contributed by atoms with van der Waals surface area (Å²) in [6, 6.07) is 13.2. The van der Waals surface area contributed by atoms with Crippen molar-refractivity contribution in [2.75, 3.05) is 18.4 Å². The largest absolute Gasteiger partial charge is 0.354 e. The van der Waals surface area contributed by atoms with E-state index in [-0.39, 0.29) is 5.91 Å². The van der Waals surface area contributed by atoms with Gasteiger partial charge in [-0.25, -0.2) is 9.97 Å². The van der Waals surface area contributed by atoms with E-state index in [0.717, 1.165) is 42.7 Å². The SMILES string of the molecule is Cc1ccc2c(Nc3cccc(C#N)c3)c(C(=O)N3CCCC(C)C3)cnc2n1. The Morgan fingerprint density at radius 3 is 2.97 bits per heavy atom. The molecule has 4 rings (SSSR count). The number of nitrogens with zero attached hydrogens (tertiary/aromatic N) is 4. The third-order valence-electron chi connectivity index (χ3n) is 5.30. The van der Waals surface area contributed by atoms with Gasteiger partial charge in [-0.3, -0.25) is 4.79 Å². The van der Waals surface area contributed by atoms with Gasteiger partial charge in [0.2, 0.25) is 0 Å². The van der Waals surface area contributed by atoms with E-state index in [1.807, 2.05) is 36.1 Å². The van der Waals surface area contributed by atoms with Crippen molar-refractivity contribution in [3.63, 3.8) is 0 Å². The van der Waals surface area contributed by atoms with E-state index >= 15 is 0 Å². The van der Waals surface area contributed by atoms with Crippen molar-refractivity contribution in [2.24, 2.45) is 5.92 Å². The lowest BCUT2D eigenvalue weighted by Gasteiger charge is -2.31. The highest BCUT2D eigenvalue weighted by atomic mass is 16.2. The molecule has 29 heavy (non-hydrogen) atoms. The van der Waals surface area contributed by atoms with Gasteiger partial charge in [0.15, 0.2) is 5.65 Å². The zero-order valence-corrected chi connectivity index (χ0v) is 16.6. The van der Waals surface area contributed by atoms with Crippen LogP contribution in [-0.2, 0) is 0 Å². The summed E-state index contributed by atoms with van der Waals surface area (Å²) in [7, 11) is 0. The first-order chi connectivity index (χ1) is 14.0. The van der Waals surface area contributed by atoms with Crippen LogP contribution >= 0.6 is 0 Å². The highest BCUT2D eigenvalue weighted by molar-refractivity contribution is 6.07. The molecule has 1 unspecified atom stereocenters. The molecule has 0 bridgehead atoms. The van der Waals surface area contributed by atoms with Crippen LogP contribution in [0.5, 0.6) is 0 Å². The zero-order chi connectivity index (χ0) is 20.4. The maximum Gasteiger partial charge on any atom is 0.257 e. The van der Waals surface area contributed by atoms with E-state index in [1.165, 1.54) is 0 Å². The third-order valence-corrected chi connectivity index (χ3v) is 5.30. The van der Waals surface area contributed by atoms with Gasteiger partial charge in [0.05, 0.1) is 22.9 Å². The zero-order valence-electron chi connectivity index (χ0n) is 16.6. The number of nitrogens with one attached hydrogen (secondary N) is 1. The lowest BCUT2D eigenvalue weighted by atomic mass is 9.99. The minimum atomic E-state index is -0.0227. The molecule has 1 fully saturated rings. The quantitative estimate of drug-likeness (QED) is 0.721. The van der Waals surface area contributed by atoms with Gasteiger partial charge in [-0.1, -0.05) is 13.0 Å². The lowest BCUT2D eigenvalue weighted by Crippen LogP contribution is -2.39. The smallest absolute Gasteiger partial charge is 0.257 e. The highest BCUT2D eigenvalue weighted by Crippen LogP contribution is 2.31. The Bertz CT molecular complexity index is 1120. The number of amides is 1. The summed E-state index contributed by atoms with van der Waals surface area (Å²) < 4.78 is 0. The van der Waals surface area contributed by atoms with E-state index in [1.54, 1.807) is 18.3 Å². The van der Waals surface area contributed by atoms with Crippen LogP contribution in [0.25, 0.3) is 11.0 Å². The number of pyridine rings is 2. The second-order valence-electron chi connectivity index (χ2n) is 7.69. The number of anilines is 2. The van der Waals surface area contributed by atoms with Gasteiger partial charge in [0.1, 0.15) is 0 Å². The van der Waals surface area contributed by atoms with E-state index in [0.29, 0.717) is 28.4 Å². The number of aryl methyl sites for hydroxylation is 1. The molecule has 0 spiro atoms. The molecule has 1 amide bonds. The average molecular weight is 385 g/mol. The van der Waals surface area contributed by atoms with Crippen LogP contribution in [0.4, 0.5) is 11.4 Å². The van der Waals surface area contributed by atoms with Gasteiger partial charge >= 0.3 is 0 Å². The molecule has 0 radical (unpaired) electrons. The van der Waals surface area contributed by atoms with Crippen LogP contribution in [0.1, 0.15) is 41.4 Å². The second kappa shape index (κ2) is 7.88. The van der Waals surface area contributed by atoms with E-state index in [2.05, 4.69) is 28.3 Å². The van der Waals surface area contributed by atoms with Crippen LogP contribution in [-0.4, -0.2) is 33.9 Å². The third kappa shape index (κ3) is 3.90. The fourth-order valence-corrected chi connectivity index (χ4v) is 3.82. The summed E-state index contributed by atoms with van der Waals surface area (Å²) in [6.07, 6.45) is 3.78. The Kier molecular flexibility index (Phi) is 5.13. The molecule has 0 aliphatic carbocycles. The van der Waals surface area contributed by atoms with Crippen LogP contribution < -0.4 is 5.32 Å². The number of aromatic nitrogens is 2. The van der Waals surface area contributed by atoms with Gasteiger partial charge in [0, 0.05) is 36.1 Å². The van der Waals surface area contributed by atoms with Gasteiger partial charge < -0.3 is 10.2 Å². The maximum absolute atomic E-state index is 13.4. The molecule has 6 nitrogen and oxygen atoms in total. The average Bonchev–Trinajstić information content (AvgIpc) is 2.73. The van der Waals surface area contributed by atoms with E-state index in [9.17, 15) is 10.1 Å². The predicted octanol–water partition coefficient (Wildman–Crippen LogP) is 4.43. The fraction of sp³-hybridized carbons (Fsp3) is 0.304. The van der Waals surface area contributed by atoms with Crippen molar-refractivity contribution >= 4 is 28.3 Å². The summed E-state index contributed by atoms with van der Waals surface area (Å²) in [6.45, 7) is 5.61. The van der Waals surface area contributed by atoms with E-state index < -0.39 is 0 Å². The van der Waals surface area contributed by atoms with Crippen molar-refractivity contribution in [1.29, 1.82) is 5.26 Å². The Labute approximate surface area is 170 Å². The van der Waals surface area contributed by atoms with Gasteiger partial charge in [-0.15, -0.1) is 0 Å². The van der Waals surface area contributed by atoms with Crippen LogP contribution in [0.2, 0.25) is 0 Å². The molecule has 3 heterocycles. The van der Waals surface area contributed by atoms with Crippen molar-refractivity contribution in [3.05, 3.63) is 59.4 Å². The van der Waals surface area contributed by atoms with Crippen molar-refractivity contribution in [1.82, 2.24) is 14.9 Å². The number of hydrogen-bond acceptors (Lipinski definition) is 5. The minimum absolute atomic E-state index is 0.0227. The Hall–Kier alpha value is -3.46. The number of carbonyl (C=O) groups is 1. The highest BCUT2D eigenvalue weighted by Gasteiger charge is 2.25. The molecule has 1 N–H and O–H groups in total. The number of rotatable bonds is 3. The molecule has 0 saturated carbocycles. The van der Waals surface area contributed by atoms with Gasteiger partial charge in [0.25, 0.3) is 5.91 Å². The van der Waals surface area contributed by atoms with Crippen LogP contribution in [0, 0.1) is 24.2 Å². The molecular weight excluding hydrogens is 362 g/mol. The molecule has 1 aliphatic rings. The summed E-state index contributed by atoms with van der Waals surface area (Å²) >= 11 is 0. The van der Waals surface area contributed by atoms with Crippen LogP contribution in [0.3, 0.4) is 0 Å². The number of fused-ring (bicyclic) bond motifs is 1. The maximum atomic E-state index is 13.4. The van der Waals surface area contributed by atoms with E-state index in [4.69, 9.17) is 0 Å². The second-order valence-corrected chi connectivity index (χ2v) is 7.69. The molecule has 3 aromatic rings. The molecule has 1 saturated heterocycles. The first-order valence-corrected chi connectivity index (χ1v) is 9.88. The monoisotopic (exact) mass is 385 g/mol. The first-order valence-electron chi connectivity index (χ1n) is 9.88. The number of hydrogen-bond donors (Lipinski definition) is 1. The van der Waals surface area contributed by atoms with Gasteiger partial charge in [-0.2, -0.15) is 5.26 Å². The summed E-state index contributed by atoms with van der Waals surface area (Å²) in [5, 5.41) is 13.4. The minimum Gasteiger partial charge on any atom is -0.354 e. The molecule has 2 aromatic heterocycles. The number of piperidine rings is 1. The molecule has 146 valence electrons. The molecule has 1 atom stereocenters. The van der Waals surface area contributed by atoms with Crippen molar-refractivity contribution in [2.45, 2.75) is 26.7 Å². The standard InChI is InChI=1S/C23H23N5O/c1-15-5-4-10-28(14-15)23(29)20-13-25-22-19(9-8-16(2)26-22)21(20)27-18-7-3-6-17(11-18)12-24/h3,6-9,11,13,15H,4-5,10,14H2,1-2H3,(H,25,26,27). The number of likely N-dealkylation sites (tertiary alicyclic amines) is 1. The molecular formula is C23H23N5O. The van der Waals surface area contributed by atoms with Gasteiger partial charge in [-0.05, 0) is 56.0 Å². The van der Waals surface area contributed by atoms with Crippen molar-refractivity contribution in [3.8, 4) is 6.07 Å². The summed E-state index contributed by atoms with van der Waals surface area (Å²) in [5.41, 5.74) is 3.97. The number of carbonyl (C=O) groups excluding carboxylic acids is 1. The summed E-state index contributed by atoms with van der Waals surface area (Å²) in [5.74, 6) is 0.472. The number of benzene rings is 1. The molecule has 1 aliphatic heterocycles. The Balaban J connectivity index is 1.81. The first kappa shape index (κ1) is 18.9. The van der Waals surface area contributed by atoms with Crippen molar-refractivity contribution < 1.29 is 4.79 Å². The Morgan fingerprint density at radius 2 is 2.17 bits per heavy atom. The number of nitriles is 1. The fourth-order valence-electron chi connectivity index (χ4n) is 3.82. The normalized spacial score (nSPS) is 16.4. The van der Waals surface area contributed by atoms with Crippen LogP contribution in [0.15, 0.2) is 42.6 Å². The lowest BCUT2D eigenvalue weighted by molar-refractivity contribution is 0.0684. The predicted molar refractivity (Wildman–Crippen MR) is 113 cm³/mol. The molecule has 6 heteroatoms.